The SMILES string of the molecule is Cc1cc[nH+]c(N[C@@H](c2ccccc2O)c2oc(CO)cc(=O)c2O)c1. The Bertz CT molecular complexity index is 984. The van der Waals surface area contributed by atoms with E-state index >= 15 is 0 Å². The number of pyridine rings is 1. The first-order chi connectivity index (χ1) is 12.5. The van der Waals surface area contributed by atoms with E-state index in [0.29, 0.717) is 11.4 Å². The van der Waals surface area contributed by atoms with Crippen molar-refractivity contribution in [1.29, 1.82) is 0 Å². The number of aliphatic hydroxyl groups is 1. The molecule has 0 aliphatic rings. The van der Waals surface area contributed by atoms with Gasteiger partial charge in [0.05, 0.1) is 6.20 Å². The maximum Gasteiger partial charge on any atom is 0.273 e. The van der Waals surface area contributed by atoms with Gasteiger partial charge in [-0.25, -0.2) is 4.98 Å². The van der Waals surface area contributed by atoms with Crippen LogP contribution >= 0.6 is 0 Å². The van der Waals surface area contributed by atoms with Crippen molar-refractivity contribution in [2.24, 2.45) is 0 Å². The van der Waals surface area contributed by atoms with E-state index in [1.54, 1.807) is 24.4 Å². The van der Waals surface area contributed by atoms with Crippen LogP contribution in [0.3, 0.4) is 0 Å². The predicted octanol–water partition coefficient (Wildman–Crippen LogP) is 1.87. The Balaban J connectivity index is 2.17. The third-order valence-electron chi connectivity index (χ3n) is 3.92. The summed E-state index contributed by atoms with van der Waals surface area (Å²) in [6.45, 7) is 1.42. The van der Waals surface area contributed by atoms with Crippen LogP contribution in [0.5, 0.6) is 11.5 Å². The summed E-state index contributed by atoms with van der Waals surface area (Å²) in [5.74, 6) is -0.115. The number of nitrogens with one attached hydrogen (secondary N) is 2. The minimum Gasteiger partial charge on any atom is -0.507 e. The molecule has 3 rings (SSSR count). The van der Waals surface area contributed by atoms with Crippen molar-refractivity contribution in [2.75, 3.05) is 5.32 Å². The van der Waals surface area contributed by atoms with E-state index in [0.717, 1.165) is 11.6 Å². The van der Waals surface area contributed by atoms with E-state index < -0.39 is 23.8 Å². The third kappa shape index (κ3) is 3.52. The number of phenols is 1. The molecule has 0 aliphatic carbocycles. The number of para-hydroxylation sites is 1. The molecule has 0 saturated carbocycles. The summed E-state index contributed by atoms with van der Waals surface area (Å²) < 4.78 is 5.52. The predicted molar refractivity (Wildman–Crippen MR) is 93.9 cm³/mol. The van der Waals surface area contributed by atoms with Gasteiger partial charge in [0.15, 0.2) is 11.8 Å². The number of anilines is 1. The molecule has 0 unspecified atom stereocenters. The number of aromatic amines is 1. The summed E-state index contributed by atoms with van der Waals surface area (Å²) in [4.78, 5) is 15.0. The first-order valence-corrected chi connectivity index (χ1v) is 7.99. The zero-order valence-corrected chi connectivity index (χ0v) is 14.1. The Morgan fingerprint density at radius 2 is 1.96 bits per heavy atom. The number of phenolic OH excluding ortho intramolecular Hbond substituents is 1. The van der Waals surface area contributed by atoms with Crippen molar-refractivity contribution >= 4 is 5.82 Å². The molecule has 134 valence electrons. The largest absolute Gasteiger partial charge is 0.507 e. The van der Waals surface area contributed by atoms with Gasteiger partial charge in [-0.2, -0.15) is 0 Å². The van der Waals surface area contributed by atoms with Gasteiger partial charge < -0.3 is 19.7 Å². The fourth-order valence-corrected chi connectivity index (χ4v) is 2.66. The van der Waals surface area contributed by atoms with Gasteiger partial charge in [-0.05, 0) is 24.6 Å². The molecule has 1 atom stereocenters. The summed E-state index contributed by atoms with van der Waals surface area (Å²) in [5.41, 5.74) is 0.707. The topological polar surface area (TPSA) is 117 Å². The number of aromatic nitrogens is 1. The third-order valence-corrected chi connectivity index (χ3v) is 3.92. The van der Waals surface area contributed by atoms with Gasteiger partial charge >= 0.3 is 0 Å². The molecule has 2 heterocycles. The van der Waals surface area contributed by atoms with Crippen LogP contribution in [0, 0.1) is 6.92 Å². The number of hydrogen-bond donors (Lipinski definition) is 4. The summed E-state index contributed by atoms with van der Waals surface area (Å²) >= 11 is 0. The van der Waals surface area contributed by atoms with Crippen molar-refractivity contribution in [3.8, 4) is 11.5 Å². The molecule has 26 heavy (non-hydrogen) atoms. The second-order valence-corrected chi connectivity index (χ2v) is 5.86. The van der Waals surface area contributed by atoms with Crippen molar-refractivity contribution in [1.82, 2.24) is 0 Å². The van der Waals surface area contributed by atoms with E-state index in [2.05, 4.69) is 10.3 Å². The lowest BCUT2D eigenvalue weighted by molar-refractivity contribution is -0.361. The number of rotatable bonds is 5. The van der Waals surface area contributed by atoms with Gasteiger partial charge in [0.25, 0.3) is 5.82 Å². The minimum absolute atomic E-state index is 0.0123. The highest BCUT2D eigenvalue weighted by Crippen LogP contribution is 2.35. The summed E-state index contributed by atoms with van der Waals surface area (Å²) in [5, 5.41) is 33.0. The lowest BCUT2D eigenvalue weighted by Gasteiger charge is -2.17. The quantitative estimate of drug-likeness (QED) is 0.555. The fraction of sp³-hybridized carbons (Fsp3) is 0.158. The molecule has 0 aliphatic heterocycles. The number of aliphatic hydroxyl groups excluding tert-OH is 1. The van der Waals surface area contributed by atoms with Crippen LogP contribution in [-0.4, -0.2) is 15.3 Å². The Morgan fingerprint density at radius 1 is 1.19 bits per heavy atom. The van der Waals surface area contributed by atoms with Crippen LogP contribution in [0.1, 0.15) is 28.7 Å². The Morgan fingerprint density at radius 3 is 2.65 bits per heavy atom. The zero-order chi connectivity index (χ0) is 18.7. The normalized spacial score (nSPS) is 11.9. The molecule has 7 heteroatoms. The minimum atomic E-state index is -0.867. The summed E-state index contributed by atoms with van der Waals surface area (Å²) in [6.07, 6.45) is 1.74. The van der Waals surface area contributed by atoms with Gasteiger partial charge in [-0.1, -0.05) is 18.2 Å². The zero-order valence-electron chi connectivity index (χ0n) is 14.1. The summed E-state index contributed by atoms with van der Waals surface area (Å²) in [7, 11) is 0. The molecule has 0 amide bonds. The lowest BCUT2D eigenvalue weighted by Crippen LogP contribution is -2.21. The lowest BCUT2D eigenvalue weighted by atomic mass is 10.0. The first-order valence-electron chi connectivity index (χ1n) is 7.99. The Kier molecular flexibility index (Phi) is 4.90. The maximum absolute atomic E-state index is 12.0. The van der Waals surface area contributed by atoms with Gasteiger partial charge in [-0.15, -0.1) is 0 Å². The highest BCUT2D eigenvalue weighted by molar-refractivity contribution is 5.48. The van der Waals surface area contributed by atoms with Crippen molar-refractivity contribution in [3.05, 3.63) is 81.5 Å². The molecule has 1 aromatic carbocycles. The highest BCUT2D eigenvalue weighted by Gasteiger charge is 2.29. The van der Waals surface area contributed by atoms with Gasteiger partial charge in [0.2, 0.25) is 11.2 Å². The molecule has 0 bridgehead atoms. The van der Waals surface area contributed by atoms with Crippen LogP contribution in [0.2, 0.25) is 0 Å². The number of H-pyrrole nitrogens is 1. The first kappa shape index (κ1) is 17.5. The van der Waals surface area contributed by atoms with Crippen molar-refractivity contribution < 1.29 is 24.7 Å². The second-order valence-electron chi connectivity index (χ2n) is 5.86. The Hall–Kier alpha value is -3.32. The molecule has 0 radical (unpaired) electrons. The molecule has 0 fully saturated rings. The van der Waals surface area contributed by atoms with E-state index in [9.17, 15) is 20.1 Å². The Labute approximate surface area is 149 Å². The van der Waals surface area contributed by atoms with Gasteiger partial charge in [0, 0.05) is 17.7 Å². The van der Waals surface area contributed by atoms with E-state index in [4.69, 9.17) is 4.42 Å². The molecule has 2 aromatic heterocycles. The number of hydrogen-bond acceptors (Lipinski definition) is 6. The van der Waals surface area contributed by atoms with Crippen LogP contribution in [0.4, 0.5) is 5.82 Å². The average molecular weight is 355 g/mol. The molecule has 0 saturated heterocycles. The smallest absolute Gasteiger partial charge is 0.273 e. The number of aryl methyl sites for hydroxylation is 1. The maximum atomic E-state index is 12.0. The molecular formula is C19H19N2O5+. The molecule has 5 N–H and O–H groups in total. The fourth-order valence-electron chi connectivity index (χ4n) is 2.66. The highest BCUT2D eigenvalue weighted by atomic mass is 16.4. The van der Waals surface area contributed by atoms with Crippen LogP contribution in [0.25, 0.3) is 0 Å². The summed E-state index contributed by atoms with van der Waals surface area (Å²) in [6, 6.07) is 10.4. The average Bonchev–Trinajstić information content (AvgIpc) is 2.63. The van der Waals surface area contributed by atoms with Gasteiger partial charge in [0.1, 0.15) is 18.1 Å². The molecule has 3 aromatic rings. The van der Waals surface area contributed by atoms with Crippen LogP contribution in [0.15, 0.2) is 57.9 Å². The molecule has 0 spiro atoms. The molecular weight excluding hydrogens is 336 g/mol. The van der Waals surface area contributed by atoms with Crippen molar-refractivity contribution in [3.63, 3.8) is 0 Å². The molecule has 7 nitrogen and oxygen atoms in total. The van der Waals surface area contributed by atoms with E-state index in [1.165, 1.54) is 6.07 Å². The van der Waals surface area contributed by atoms with E-state index in [1.807, 2.05) is 19.1 Å². The second kappa shape index (κ2) is 7.28. The van der Waals surface area contributed by atoms with Crippen LogP contribution < -0.4 is 15.7 Å². The number of aromatic hydroxyl groups is 2. The van der Waals surface area contributed by atoms with Crippen LogP contribution in [-0.2, 0) is 6.61 Å². The monoisotopic (exact) mass is 355 g/mol. The number of benzene rings is 1. The van der Waals surface area contributed by atoms with Gasteiger partial charge in [-0.3, -0.25) is 10.1 Å². The van der Waals surface area contributed by atoms with Crippen molar-refractivity contribution in [2.45, 2.75) is 19.6 Å². The standard InChI is InChI=1S/C19H18N2O5/c1-11-6-7-20-16(8-11)21-17(13-4-2-3-5-14(13)23)19-18(25)15(24)9-12(10-22)26-19/h2-9,17,22-23,25H,10H2,1H3,(H,20,21)/p+1/t17-/m0/s1. The van der Waals surface area contributed by atoms with E-state index in [-0.39, 0.29) is 17.3 Å².